The van der Waals surface area contributed by atoms with Gasteiger partial charge in [0.1, 0.15) is 11.5 Å². The summed E-state index contributed by atoms with van der Waals surface area (Å²) >= 11 is 0. The summed E-state index contributed by atoms with van der Waals surface area (Å²) in [5, 5.41) is 0. The number of hydrogen-bond acceptors (Lipinski definition) is 2. The highest BCUT2D eigenvalue weighted by Gasteiger charge is 2.22. The molecule has 134 valence electrons. The molecule has 2 nitrogen and oxygen atoms in total. The minimum atomic E-state index is -0.0431. The van der Waals surface area contributed by atoms with E-state index in [9.17, 15) is 0 Å². The molecule has 0 unspecified atom stereocenters. The Hall–Kier alpha value is -1.96. The predicted molar refractivity (Wildman–Crippen MR) is 105 cm³/mol. The Morgan fingerprint density at radius 3 is 1.12 bits per heavy atom. The van der Waals surface area contributed by atoms with E-state index in [1.54, 1.807) is 14.2 Å². The molecular weight excluding hydrogens is 296 g/mol. The van der Waals surface area contributed by atoms with E-state index in [0.717, 1.165) is 11.5 Å². The Balaban J connectivity index is 0.000000952. The molecule has 24 heavy (non-hydrogen) atoms. The zero-order chi connectivity index (χ0) is 18.6. The fraction of sp³-hybridized carbons (Fsp3) is 0.455. The molecular formula is C22H34O2. The van der Waals surface area contributed by atoms with Crippen LogP contribution in [0.25, 0.3) is 0 Å². The molecule has 2 aromatic carbocycles. The van der Waals surface area contributed by atoms with Gasteiger partial charge in [-0.1, -0.05) is 72.2 Å². The van der Waals surface area contributed by atoms with E-state index >= 15 is 0 Å². The molecule has 0 N–H and O–H groups in total. The van der Waals surface area contributed by atoms with Crippen molar-refractivity contribution in [2.45, 2.75) is 53.4 Å². The second-order valence-electron chi connectivity index (χ2n) is 5.79. The van der Waals surface area contributed by atoms with Gasteiger partial charge in [-0.25, -0.2) is 0 Å². The third-order valence-corrected chi connectivity index (χ3v) is 3.62. The molecule has 0 aliphatic heterocycles. The van der Waals surface area contributed by atoms with E-state index in [-0.39, 0.29) is 5.41 Å². The highest BCUT2D eigenvalue weighted by atomic mass is 16.5. The van der Waals surface area contributed by atoms with Gasteiger partial charge < -0.3 is 9.47 Å². The van der Waals surface area contributed by atoms with Gasteiger partial charge in [-0.2, -0.15) is 0 Å². The van der Waals surface area contributed by atoms with Crippen LogP contribution in [-0.2, 0) is 5.41 Å². The summed E-state index contributed by atoms with van der Waals surface area (Å²) < 4.78 is 10.4. The topological polar surface area (TPSA) is 18.5 Å². The lowest BCUT2D eigenvalue weighted by Crippen LogP contribution is -2.18. The first-order valence-corrected chi connectivity index (χ1v) is 8.78. The standard InChI is InChI=1S/C17H20O2.C3H8.C2H6/c1-17(2,13-5-9-15(18-3)10-6-13)14-7-11-16(19-4)12-8-14;1-3-2;1-2/h5-12H,1-4H3;3H2,1-2H3;1-2H3. The van der Waals surface area contributed by atoms with E-state index in [1.807, 2.05) is 38.1 Å². The maximum Gasteiger partial charge on any atom is 0.118 e. The minimum Gasteiger partial charge on any atom is -0.497 e. The molecule has 0 atom stereocenters. The first-order valence-electron chi connectivity index (χ1n) is 8.78. The maximum absolute atomic E-state index is 5.20. The van der Waals surface area contributed by atoms with E-state index in [2.05, 4.69) is 52.0 Å². The van der Waals surface area contributed by atoms with Gasteiger partial charge in [0, 0.05) is 5.41 Å². The van der Waals surface area contributed by atoms with Gasteiger partial charge >= 0.3 is 0 Å². The van der Waals surface area contributed by atoms with E-state index in [0.29, 0.717) is 0 Å². The second kappa shape index (κ2) is 11.6. The minimum absolute atomic E-state index is 0.0431. The van der Waals surface area contributed by atoms with Crippen LogP contribution in [0.3, 0.4) is 0 Å². The molecule has 0 amide bonds. The molecule has 0 aliphatic rings. The van der Waals surface area contributed by atoms with Gasteiger partial charge in [0.15, 0.2) is 0 Å². The summed E-state index contributed by atoms with van der Waals surface area (Å²) in [6.07, 6.45) is 1.25. The molecule has 0 saturated carbocycles. The zero-order valence-corrected chi connectivity index (χ0v) is 16.6. The van der Waals surface area contributed by atoms with Gasteiger partial charge in [-0.15, -0.1) is 0 Å². The average molecular weight is 331 g/mol. The quantitative estimate of drug-likeness (QED) is 0.639. The van der Waals surface area contributed by atoms with Crippen molar-refractivity contribution in [2.24, 2.45) is 0 Å². The van der Waals surface area contributed by atoms with Crippen molar-refractivity contribution < 1.29 is 9.47 Å². The lowest BCUT2D eigenvalue weighted by Gasteiger charge is -2.26. The van der Waals surface area contributed by atoms with Crippen molar-refractivity contribution in [3.63, 3.8) is 0 Å². The largest absolute Gasteiger partial charge is 0.497 e. The molecule has 0 bridgehead atoms. The fourth-order valence-electron chi connectivity index (χ4n) is 2.18. The van der Waals surface area contributed by atoms with Crippen molar-refractivity contribution in [3.05, 3.63) is 59.7 Å². The molecule has 0 spiro atoms. The molecule has 0 heterocycles. The number of methoxy groups -OCH3 is 2. The molecule has 0 aliphatic carbocycles. The van der Waals surface area contributed by atoms with Gasteiger partial charge in [-0.3, -0.25) is 0 Å². The Morgan fingerprint density at radius 2 is 0.917 bits per heavy atom. The lowest BCUT2D eigenvalue weighted by molar-refractivity contribution is 0.414. The molecule has 0 aromatic heterocycles. The van der Waals surface area contributed by atoms with Crippen LogP contribution in [0.15, 0.2) is 48.5 Å². The van der Waals surface area contributed by atoms with Crippen LogP contribution in [0.5, 0.6) is 11.5 Å². The van der Waals surface area contributed by atoms with Crippen molar-refractivity contribution in [1.29, 1.82) is 0 Å². The number of rotatable bonds is 4. The zero-order valence-electron chi connectivity index (χ0n) is 16.6. The lowest BCUT2D eigenvalue weighted by atomic mass is 9.78. The van der Waals surface area contributed by atoms with Crippen LogP contribution in [0.4, 0.5) is 0 Å². The molecule has 2 heteroatoms. The fourth-order valence-corrected chi connectivity index (χ4v) is 2.18. The highest BCUT2D eigenvalue weighted by molar-refractivity contribution is 5.41. The van der Waals surface area contributed by atoms with Crippen molar-refractivity contribution >= 4 is 0 Å². The highest BCUT2D eigenvalue weighted by Crippen LogP contribution is 2.33. The third kappa shape index (κ3) is 6.27. The number of ether oxygens (including phenoxy) is 2. The van der Waals surface area contributed by atoms with Crippen molar-refractivity contribution in [3.8, 4) is 11.5 Å². The summed E-state index contributed by atoms with van der Waals surface area (Å²) in [6, 6.07) is 16.5. The Morgan fingerprint density at radius 1 is 0.667 bits per heavy atom. The molecule has 2 rings (SSSR count). The third-order valence-electron chi connectivity index (χ3n) is 3.62. The van der Waals surface area contributed by atoms with Crippen LogP contribution >= 0.6 is 0 Å². The Bertz CT molecular complexity index is 490. The van der Waals surface area contributed by atoms with Gasteiger partial charge in [0.05, 0.1) is 14.2 Å². The van der Waals surface area contributed by atoms with Gasteiger partial charge in [0.2, 0.25) is 0 Å². The first-order chi connectivity index (χ1) is 11.5. The molecule has 0 radical (unpaired) electrons. The molecule has 2 aromatic rings. The van der Waals surface area contributed by atoms with Crippen LogP contribution in [-0.4, -0.2) is 14.2 Å². The maximum atomic E-state index is 5.20. The second-order valence-corrected chi connectivity index (χ2v) is 5.79. The van der Waals surface area contributed by atoms with Crippen LogP contribution in [0, 0.1) is 0 Å². The molecule has 0 saturated heterocycles. The van der Waals surface area contributed by atoms with Gasteiger partial charge in [-0.05, 0) is 35.4 Å². The van der Waals surface area contributed by atoms with Gasteiger partial charge in [0.25, 0.3) is 0 Å². The van der Waals surface area contributed by atoms with Crippen molar-refractivity contribution in [1.82, 2.24) is 0 Å². The Kier molecular flexibility index (Phi) is 10.6. The smallest absolute Gasteiger partial charge is 0.118 e. The molecule has 0 fully saturated rings. The number of hydrogen-bond donors (Lipinski definition) is 0. The SMILES string of the molecule is CC.CCC.COc1ccc(C(C)(C)c2ccc(OC)cc2)cc1. The van der Waals surface area contributed by atoms with Crippen LogP contribution < -0.4 is 9.47 Å². The van der Waals surface area contributed by atoms with Crippen LogP contribution in [0.1, 0.15) is 59.1 Å². The predicted octanol–water partition coefficient (Wildman–Crippen LogP) is 6.47. The Labute approximate surface area is 148 Å². The average Bonchev–Trinajstić information content (AvgIpc) is 2.64. The summed E-state index contributed by atoms with van der Waals surface area (Å²) in [5.74, 6) is 1.77. The van der Waals surface area contributed by atoms with E-state index < -0.39 is 0 Å². The summed E-state index contributed by atoms with van der Waals surface area (Å²) in [6.45, 7) is 12.7. The van der Waals surface area contributed by atoms with E-state index in [4.69, 9.17) is 9.47 Å². The normalized spacial score (nSPS) is 9.83. The van der Waals surface area contributed by atoms with Crippen molar-refractivity contribution in [2.75, 3.05) is 14.2 Å². The summed E-state index contributed by atoms with van der Waals surface area (Å²) in [5.41, 5.74) is 2.48. The monoisotopic (exact) mass is 330 g/mol. The first kappa shape index (κ1) is 22.0. The number of benzene rings is 2. The summed E-state index contributed by atoms with van der Waals surface area (Å²) in [4.78, 5) is 0. The van der Waals surface area contributed by atoms with Crippen LogP contribution in [0.2, 0.25) is 0 Å². The van der Waals surface area contributed by atoms with E-state index in [1.165, 1.54) is 17.5 Å². The summed E-state index contributed by atoms with van der Waals surface area (Å²) in [7, 11) is 3.37.